The number of carboxylic acid groups (broad SMARTS) is 1. The number of hydrogen-bond acceptors (Lipinski definition) is 23. The van der Waals surface area contributed by atoms with E-state index in [0.29, 0.717) is 58.4 Å². The second kappa shape index (κ2) is 49.2. The van der Waals surface area contributed by atoms with Gasteiger partial charge in [-0.25, -0.2) is 9.59 Å². The number of carboxylic acids is 1. The fourth-order valence-electron chi connectivity index (χ4n) is 15.1. The van der Waals surface area contributed by atoms with Gasteiger partial charge in [-0.3, -0.25) is 38.5 Å². The van der Waals surface area contributed by atoms with Crippen LogP contribution < -0.4 is 30.9 Å². The maximum Gasteiger partial charge on any atom is 0.410 e. The fraction of sp³-hybridized carbons (Fsp3) is 0.580. The van der Waals surface area contributed by atoms with Gasteiger partial charge in [0.2, 0.25) is 47.6 Å². The molecule has 0 aliphatic carbocycles. The first-order chi connectivity index (χ1) is 57.4. The molecule has 2 saturated heterocycles. The van der Waals surface area contributed by atoms with Crippen molar-refractivity contribution in [3.63, 3.8) is 0 Å². The molecule has 9 N–H and O–H groups in total. The molecule has 31 nitrogen and oxygen atoms in total. The van der Waals surface area contributed by atoms with E-state index in [0.717, 1.165) is 33.7 Å². The van der Waals surface area contributed by atoms with E-state index in [2.05, 4.69) is 40.8 Å². The number of carbonyl (C=O) groups excluding carboxylic acids is 8. The van der Waals surface area contributed by atoms with Gasteiger partial charge in [0.1, 0.15) is 42.8 Å². The van der Waals surface area contributed by atoms with E-state index >= 15 is 4.79 Å². The lowest BCUT2D eigenvalue weighted by Crippen LogP contribution is -2.61. The summed E-state index contributed by atoms with van der Waals surface area (Å²) in [6.07, 6.45) is -8.75. The Morgan fingerprint density at radius 3 is 1.95 bits per heavy atom. The molecular formula is C88H126N8O23S. The van der Waals surface area contributed by atoms with Gasteiger partial charge in [-0.1, -0.05) is 153 Å². The van der Waals surface area contributed by atoms with Crippen molar-refractivity contribution in [1.29, 1.82) is 0 Å². The SMILES string of the molecule is C=Cc1ccccc1N(Cc1ccccc1CC)C(=O)CCC(=O)NCCOCCOCCOCCOCCC(=O)NCc1cc2c(O[C@@H]3O[C@H](C(=O)O)[C@@H](O)[C@H](O)[C@H]3O)ccc(COC(=O)N(C)[C@H](C(=O)N[C@H](C(=O)N(C)[C@@H]([C@@H](C)CC)[C@@H](CC(=O)N3CCC[C@H]3[C@H](OC)[C@@H](C)C(=O)N[C@H](C)[C@@H](O)c3ccccc3)OC)C(C)C)C(C)C)c2s1. The van der Waals surface area contributed by atoms with Gasteiger partial charge in [0.05, 0.1) is 120 Å². The molecule has 5 aromatic rings. The van der Waals surface area contributed by atoms with E-state index in [-0.39, 0.29) is 139 Å². The number of para-hydroxylation sites is 1. The van der Waals surface area contributed by atoms with Crippen molar-refractivity contribution in [1.82, 2.24) is 36.0 Å². The van der Waals surface area contributed by atoms with E-state index < -0.39 is 121 Å². The average Bonchev–Trinajstić information content (AvgIpc) is 1.56. The number of nitrogens with one attached hydrogen (secondary N) is 4. The lowest BCUT2D eigenvalue weighted by atomic mass is 9.89. The zero-order valence-corrected chi connectivity index (χ0v) is 72.3. The van der Waals surface area contributed by atoms with Crippen LogP contribution in [0, 0.1) is 23.7 Å². The molecule has 32 heteroatoms. The maximum atomic E-state index is 15.0. The minimum absolute atomic E-state index is 0.00106. The molecule has 15 atom stereocenters. The fourth-order valence-corrected chi connectivity index (χ4v) is 16.2. The Morgan fingerprint density at radius 2 is 1.32 bits per heavy atom. The molecule has 662 valence electrons. The topological polar surface area (TPSA) is 399 Å². The number of likely N-dealkylation sites (tertiary alicyclic amines) is 1. The molecule has 2 aliphatic rings. The minimum atomic E-state index is -1.99. The quantitative estimate of drug-likeness (QED) is 0.0170. The summed E-state index contributed by atoms with van der Waals surface area (Å²) >= 11 is 1.19. The average molecular weight is 1700 g/mol. The van der Waals surface area contributed by atoms with Gasteiger partial charge in [-0.2, -0.15) is 0 Å². The zero-order valence-electron chi connectivity index (χ0n) is 71.5. The number of amides is 8. The number of rotatable bonds is 50. The van der Waals surface area contributed by atoms with Crippen LogP contribution in [0.15, 0.2) is 104 Å². The number of aliphatic hydroxyl groups is 4. The summed E-state index contributed by atoms with van der Waals surface area (Å²) in [6, 6.07) is 25.2. The third-order valence-electron chi connectivity index (χ3n) is 22.0. The monoisotopic (exact) mass is 1690 g/mol. The van der Waals surface area contributed by atoms with Crippen LogP contribution in [0.4, 0.5) is 10.5 Å². The van der Waals surface area contributed by atoms with E-state index in [1.165, 1.54) is 43.6 Å². The second-order valence-electron chi connectivity index (χ2n) is 31.0. The Labute approximate surface area is 708 Å². The number of hydrogen-bond donors (Lipinski definition) is 9. The van der Waals surface area contributed by atoms with Crippen LogP contribution >= 0.6 is 11.3 Å². The lowest BCUT2D eigenvalue weighted by Gasteiger charge is -2.41. The van der Waals surface area contributed by atoms with Crippen molar-refractivity contribution in [2.24, 2.45) is 23.7 Å². The van der Waals surface area contributed by atoms with E-state index in [4.69, 9.17) is 42.6 Å². The number of thiophene rings is 1. The molecule has 2 aliphatic heterocycles. The molecule has 2 fully saturated rings. The molecule has 0 unspecified atom stereocenters. The second-order valence-corrected chi connectivity index (χ2v) is 32.2. The Bertz CT molecular complexity index is 4130. The number of carbonyl (C=O) groups is 9. The number of nitrogens with zero attached hydrogens (tertiary/aromatic N) is 4. The van der Waals surface area contributed by atoms with Crippen molar-refractivity contribution in [3.8, 4) is 5.75 Å². The van der Waals surface area contributed by atoms with Crippen molar-refractivity contribution in [3.05, 3.63) is 136 Å². The molecule has 8 amide bonds. The number of aryl methyl sites for hydroxylation is 1. The highest BCUT2D eigenvalue weighted by Crippen LogP contribution is 2.39. The number of aliphatic carboxylic acids is 1. The summed E-state index contributed by atoms with van der Waals surface area (Å²) in [5.74, 6) is -6.03. The van der Waals surface area contributed by atoms with Crippen molar-refractivity contribution >= 4 is 86.6 Å². The highest BCUT2D eigenvalue weighted by molar-refractivity contribution is 7.19. The molecule has 0 bridgehead atoms. The van der Waals surface area contributed by atoms with Gasteiger partial charge in [-0.05, 0) is 84.4 Å². The normalized spacial score (nSPS) is 18.9. The number of aliphatic hydroxyl groups excluding tert-OH is 4. The Kier molecular flexibility index (Phi) is 40.2. The summed E-state index contributed by atoms with van der Waals surface area (Å²) in [6.45, 7) is 22.9. The summed E-state index contributed by atoms with van der Waals surface area (Å²) in [5, 5.41) is 64.7. The van der Waals surface area contributed by atoms with Gasteiger partial charge >= 0.3 is 12.1 Å². The summed E-state index contributed by atoms with van der Waals surface area (Å²) in [7, 11) is 6.01. The molecule has 120 heavy (non-hydrogen) atoms. The number of likely N-dealkylation sites (N-methyl/N-ethyl adjacent to an activating group) is 2. The minimum Gasteiger partial charge on any atom is -0.479 e. The molecule has 3 heterocycles. The lowest BCUT2D eigenvalue weighted by molar-refractivity contribution is -0.270. The predicted molar refractivity (Wildman–Crippen MR) is 451 cm³/mol. The Balaban J connectivity index is 0.877. The number of anilines is 1. The van der Waals surface area contributed by atoms with Crippen LogP contribution in [0.5, 0.6) is 5.75 Å². The summed E-state index contributed by atoms with van der Waals surface area (Å²) in [5.41, 5.74) is 4.80. The van der Waals surface area contributed by atoms with Gasteiger partial charge in [-0.15, -0.1) is 11.3 Å². The van der Waals surface area contributed by atoms with Crippen LogP contribution in [0.3, 0.4) is 0 Å². The third-order valence-corrected chi connectivity index (χ3v) is 23.2. The van der Waals surface area contributed by atoms with Crippen LogP contribution in [0.1, 0.15) is 146 Å². The van der Waals surface area contributed by atoms with Gasteiger partial charge in [0.25, 0.3) is 0 Å². The van der Waals surface area contributed by atoms with Crippen LogP contribution in [-0.2, 0) is 102 Å². The Morgan fingerprint density at radius 1 is 0.692 bits per heavy atom. The highest BCUT2D eigenvalue weighted by Gasteiger charge is 2.49. The highest BCUT2D eigenvalue weighted by atomic mass is 32.1. The molecule has 0 saturated carbocycles. The number of benzene rings is 4. The molecular weight excluding hydrogens is 1570 g/mol. The first-order valence-corrected chi connectivity index (χ1v) is 42.1. The van der Waals surface area contributed by atoms with Crippen LogP contribution in [0.25, 0.3) is 16.2 Å². The molecule has 4 aromatic carbocycles. The van der Waals surface area contributed by atoms with Crippen LogP contribution in [0.2, 0.25) is 0 Å². The smallest absolute Gasteiger partial charge is 0.410 e. The molecule has 1 aromatic heterocycles. The van der Waals surface area contributed by atoms with Crippen molar-refractivity contribution in [2.45, 2.75) is 213 Å². The largest absolute Gasteiger partial charge is 0.479 e. The molecule has 7 rings (SSSR count). The number of methoxy groups -OCH3 is 2. The van der Waals surface area contributed by atoms with Crippen LogP contribution in [-0.4, -0.2) is 261 Å². The zero-order chi connectivity index (χ0) is 87.9. The number of ether oxygens (including phenoxy) is 9. The van der Waals surface area contributed by atoms with Gasteiger partial charge in [0.15, 0.2) is 6.10 Å². The Hall–Kier alpha value is -9.03. The first-order valence-electron chi connectivity index (χ1n) is 41.3. The summed E-state index contributed by atoms with van der Waals surface area (Å²) in [4.78, 5) is 131. The third kappa shape index (κ3) is 27.5. The predicted octanol–water partition coefficient (Wildman–Crippen LogP) is 7.47. The van der Waals surface area contributed by atoms with Gasteiger partial charge < -0.3 is 104 Å². The van der Waals surface area contributed by atoms with Gasteiger partial charge in [0, 0.05) is 81.2 Å². The van der Waals surface area contributed by atoms with E-state index in [1.54, 1.807) is 88.7 Å². The van der Waals surface area contributed by atoms with Crippen molar-refractivity contribution < 1.29 is 111 Å². The van der Waals surface area contributed by atoms with E-state index in [9.17, 15) is 63.9 Å². The maximum absolute atomic E-state index is 15.0. The van der Waals surface area contributed by atoms with Crippen molar-refractivity contribution in [2.75, 3.05) is 99.2 Å². The first kappa shape index (κ1) is 98.1. The number of fused-ring (bicyclic) bond motifs is 1. The van der Waals surface area contributed by atoms with E-state index in [1.807, 2.05) is 74.5 Å². The molecule has 0 spiro atoms. The molecule has 0 radical (unpaired) electrons. The standard InChI is InChI=1S/C88H126N8O23S/c1-15-55(8)75(68(111-13)49-72(100)95-39-25-32-66(95)80(112-14)56(9)83(105)91-57(10)76(101)60-28-19-18-20-29-60)93(11)85(107)73(53(4)5)92-84(106)74(54(6)7)94(12)88(110)117-52-62-33-34-67(118-87-79(104)77(102)78(103)81(119-87)86(108)109)64-48-63(120-82(62)64)50-90-70(98)37-40-113-42-44-115-46-47-116-45-43-114-41-38-89-69(97)35-36-71(99)96(65-31-24-23-27-59(65)17-3)51-61-30-22-21-26-58(61)16-2/h17-24,26-31,33-34,48,53-57,66,68,73-81,87,101-104H,3,15-16,25,32,35-47,49-52H2,1-2,4-14H3,(H,89,97)(H,90,98)(H,91,105)(H,92,106)(H,108,109)/t55-,56+,57+,66-,68+,73-,74-,75-,76+,77-,78-,79+,80+,81-,87+/m0/s1. The summed E-state index contributed by atoms with van der Waals surface area (Å²) < 4.78 is 52.5.